The van der Waals surface area contributed by atoms with Gasteiger partial charge < -0.3 is 10.0 Å². The number of halogens is 1. The lowest BCUT2D eigenvalue weighted by Crippen LogP contribution is -2.40. The highest BCUT2D eigenvalue weighted by molar-refractivity contribution is 6.30. The summed E-state index contributed by atoms with van der Waals surface area (Å²) in [4.78, 5) is 24.5. The topological polar surface area (TPSA) is 57.6 Å². The number of rotatable bonds is 4. The molecule has 0 aliphatic carbocycles. The molecule has 1 aromatic carbocycles. The number of aryl methyl sites for hydroxylation is 1. The van der Waals surface area contributed by atoms with Crippen molar-refractivity contribution in [3.8, 4) is 0 Å². The summed E-state index contributed by atoms with van der Waals surface area (Å²) >= 11 is 5.79. The molecule has 0 saturated carbocycles. The molecule has 0 bridgehead atoms. The Kier molecular flexibility index (Phi) is 4.43. The van der Waals surface area contributed by atoms with Crippen LogP contribution in [0.2, 0.25) is 5.02 Å². The minimum atomic E-state index is -0.905. The maximum absolute atomic E-state index is 12.0. The highest BCUT2D eigenvalue weighted by Crippen LogP contribution is 2.19. The highest BCUT2D eigenvalue weighted by Gasteiger charge is 2.33. The van der Waals surface area contributed by atoms with Crippen LogP contribution in [0.4, 0.5) is 0 Å². The third-order valence-corrected chi connectivity index (χ3v) is 3.65. The number of aliphatic carboxylic acids is 1. The second-order valence-corrected chi connectivity index (χ2v) is 5.15. The third-order valence-electron chi connectivity index (χ3n) is 3.40. The molecule has 1 saturated heterocycles. The summed E-state index contributed by atoms with van der Waals surface area (Å²) in [7, 11) is 0. The summed E-state index contributed by atoms with van der Waals surface area (Å²) in [5, 5.41) is 9.71. The molecule has 1 aromatic rings. The number of benzene rings is 1. The zero-order valence-corrected chi connectivity index (χ0v) is 11.3. The van der Waals surface area contributed by atoms with Gasteiger partial charge in [-0.05, 0) is 37.0 Å². The predicted octanol–water partition coefficient (Wildman–Crippen LogP) is 2.35. The van der Waals surface area contributed by atoms with Crippen molar-refractivity contribution >= 4 is 23.5 Å². The van der Waals surface area contributed by atoms with Crippen LogP contribution in [-0.4, -0.2) is 34.5 Å². The van der Waals surface area contributed by atoms with E-state index in [1.807, 2.05) is 12.1 Å². The van der Waals surface area contributed by atoms with Crippen molar-refractivity contribution in [2.45, 2.75) is 31.7 Å². The van der Waals surface area contributed by atoms with Crippen molar-refractivity contribution in [2.24, 2.45) is 0 Å². The molecule has 0 radical (unpaired) electrons. The quantitative estimate of drug-likeness (QED) is 0.922. The number of carbonyl (C=O) groups excluding carboxylic acids is 1. The van der Waals surface area contributed by atoms with Gasteiger partial charge in [0, 0.05) is 18.0 Å². The maximum Gasteiger partial charge on any atom is 0.326 e. The summed E-state index contributed by atoms with van der Waals surface area (Å²) in [6.07, 6.45) is 2.27. The molecule has 1 amide bonds. The minimum Gasteiger partial charge on any atom is -0.480 e. The monoisotopic (exact) mass is 281 g/mol. The first-order valence-corrected chi connectivity index (χ1v) is 6.72. The number of carboxylic acids is 1. The second kappa shape index (κ2) is 6.06. The van der Waals surface area contributed by atoms with E-state index in [-0.39, 0.29) is 5.91 Å². The van der Waals surface area contributed by atoms with Gasteiger partial charge in [0.2, 0.25) is 5.91 Å². The molecule has 0 spiro atoms. The van der Waals surface area contributed by atoms with Gasteiger partial charge in [0.15, 0.2) is 0 Å². The lowest BCUT2D eigenvalue weighted by Gasteiger charge is -2.21. The molecule has 1 unspecified atom stereocenters. The standard InChI is InChI=1S/C14H16ClNO3/c15-11-6-3-10(4-7-11)5-8-13(17)16-9-1-2-12(16)14(18)19/h3-4,6-7,12H,1-2,5,8-9H2,(H,18,19). The van der Waals surface area contributed by atoms with Crippen LogP contribution in [0.3, 0.4) is 0 Å². The van der Waals surface area contributed by atoms with Gasteiger partial charge in [-0.3, -0.25) is 4.79 Å². The zero-order chi connectivity index (χ0) is 13.8. The van der Waals surface area contributed by atoms with Crippen molar-refractivity contribution in [3.05, 3.63) is 34.9 Å². The number of amides is 1. The van der Waals surface area contributed by atoms with Crippen molar-refractivity contribution in [2.75, 3.05) is 6.54 Å². The maximum atomic E-state index is 12.0. The minimum absolute atomic E-state index is 0.0835. The number of carbonyl (C=O) groups is 2. The summed E-state index contributed by atoms with van der Waals surface area (Å²) in [5.41, 5.74) is 1.03. The molecule has 0 aromatic heterocycles. The lowest BCUT2D eigenvalue weighted by atomic mass is 10.1. The van der Waals surface area contributed by atoms with Crippen LogP contribution < -0.4 is 0 Å². The fourth-order valence-corrected chi connectivity index (χ4v) is 2.49. The molecule has 5 heteroatoms. The van der Waals surface area contributed by atoms with Crippen LogP contribution in [0.1, 0.15) is 24.8 Å². The molecule has 1 aliphatic heterocycles. The summed E-state index contributed by atoms with van der Waals surface area (Å²) < 4.78 is 0. The van der Waals surface area contributed by atoms with Gasteiger partial charge >= 0.3 is 5.97 Å². The molecular formula is C14H16ClNO3. The van der Waals surface area contributed by atoms with E-state index < -0.39 is 12.0 Å². The van der Waals surface area contributed by atoms with Gasteiger partial charge in [-0.25, -0.2) is 4.79 Å². The van der Waals surface area contributed by atoms with E-state index >= 15 is 0 Å². The van der Waals surface area contributed by atoms with Crippen LogP contribution in [0.25, 0.3) is 0 Å². The van der Waals surface area contributed by atoms with E-state index in [0.29, 0.717) is 30.8 Å². The molecule has 1 N–H and O–H groups in total. The number of likely N-dealkylation sites (tertiary alicyclic amines) is 1. The number of carboxylic acid groups (broad SMARTS) is 1. The molecule has 2 rings (SSSR count). The Morgan fingerprint density at radius 2 is 2.00 bits per heavy atom. The molecule has 102 valence electrons. The average Bonchev–Trinajstić information content (AvgIpc) is 2.87. The Bertz CT molecular complexity index is 472. The molecule has 4 nitrogen and oxygen atoms in total. The van der Waals surface area contributed by atoms with Gasteiger partial charge in [-0.1, -0.05) is 23.7 Å². The molecule has 1 atom stereocenters. The molecule has 1 heterocycles. The van der Waals surface area contributed by atoms with Gasteiger partial charge in [0.25, 0.3) is 0 Å². The third kappa shape index (κ3) is 3.47. The normalized spacial score (nSPS) is 18.6. The number of hydrogen-bond donors (Lipinski definition) is 1. The average molecular weight is 282 g/mol. The van der Waals surface area contributed by atoms with E-state index in [1.54, 1.807) is 12.1 Å². The van der Waals surface area contributed by atoms with E-state index in [1.165, 1.54) is 4.90 Å². The van der Waals surface area contributed by atoms with Gasteiger partial charge in [0.1, 0.15) is 6.04 Å². The Hall–Kier alpha value is -1.55. The van der Waals surface area contributed by atoms with Crippen LogP contribution in [-0.2, 0) is 16.0 Å². The van der Waals surface area contributed by atoms with Gasteiger partial charge in [0.05, 0.1) is 0 Å². The van der Waals surface area contributed by atoms with E-state index in [2.05, 4.69) is 0 Å². The summed E-state index contributed by atoms with van der Waals surface area (Å²) in [6, 6.07) is 6.70. The van der Waals surface area contributed by atoms with E-state index in [9.17, 15) is 9.59 Å². The largest absolute Gasteiger partial charge is 0.480 e. The summed E-state index contributed by atoms with van der Waals surface area (Å²) in [5.74, 6) is -0.989. The van der Waals surface area contributed by atoms with Crippen LogP contribution in [0.15, 0.2) is 24.3 Å². The van der Waals surface area contributed by atoms with Crippen LogP contribution in [0.5, 0.6) is 0 Å². The van der Waals surface area contributed by atoms with Crippen molar-refractivity contribution in [3.63, 3.8) is 0 Å². The van der Waals surface area contributed by atoms with Gasteiger partial charge in [-0.2, -0.15) is 0 Å². The zero-order valence-electron chi connectivity index (χ0n) is 10.5. The fraction of sp³-hybridized carbons (Fsp3) is 0.429. The smallest absolute Gasteiger partial charge is 0.326 e. The second-order valence-electron chi connectivity index (χ2n) is 4.71. The Morgan fingerprint density at radius 3 is 2.63 bits per heavy atom. The molecule has 1 fully saturated rings. The van der Waals surface area contributed by atoms with Gasteiger partial charge in [-0.15, -0.1) is 0 Å². The first kappa shape index (κ1) is 13.9. The van der Waals surface area contributed by atoms with Crippen molar-refractivity contribution in [1.29, 1.82) is 0 Å². The van der Waals surface area contributed by atoms with Crippen molar-refractivity contribution < 1.29 is 14.7 Å². The Balaban J connectivity index is 1.90. The first-order valence-electron chi connectivity index (χ1n) is 6.34. The van der Waals surface area contributed by atoms with E-state index in [0.717, 1.165) is 12.0 Å². The SMILES string of the molecule is O=C(O)C1CCCN1C(=O)CCc1ccc(Cl)cc1. The number of nitrogens with zero attached hydrogens (tertiary/aromatic N) is 1. The lowest BCUT2D eigenvalue weighted by molar-refractivity contribution is -0.148. The molecule has 1 aliphatic rings. The molecule has 19 heavy (non-hydrogen) atoms. The van der Waals surface area contributed by atoms with Crippen LogP contribution >= 0.6 is 11.6 Å². The predicted molar refractivity (Wildman–Crippen MR) is 72.1 cm³/mol. The first-order chi connectivity index (χ1) is 9.08. The Morgan fingerprint density at radius 1 is 1.32 bits per heavy atom. The summed E-state index contributed by atoms with van der Waals surface area (Å²) in [6.45, 7) is 0.552. The van der Waals surface area contributed by atoms with Crippen LogP contribution in [0, 0.1) is 0 Å². The molecular weight excluding hydrogens is 266 g/mol. The van der Waals surface area contributed by atoms with E-state index in [4.69, 9.17) is 16.7 Å². The number of hydrogen-bond acceptors (Lipinski definition) is 2. The Labute approximate surface area is 117 Å². The fourth-order valence-electron chi connectivity index (χ4n) is 2.37. The highest BCUT2D eigenvalue weighted by atomic mass is 35.5. The van der Waals surface area contributed by atoms with Crippen molar-refractivity contribution in [1.82, 2.24) is 4.90 Å².